The van der Waals surface area contributed by atoms with Crippen LogP contribution in [0.3, 0.4) is 0 Å². The normalized spacial score (nSPS) is 26.2. The van der Waals surface area contributed by atoms with Gasteiger partial charge in [-0.25, -0.2) is 14.6 Å². The lowest BCUT2D eigenvalue weighted by molar-refractivity contribution is 0.155. The first-order valence-corrected chi connectivity index (χ1v) is 12.2. The standard InChI is InChI=1S/C24H28ClN7O/c1-15-11-21(27-14-26-15)31-12-16-8-9-17(13-31)22(16)28-24-29-23-20(7-4-10-32(23)30-24)33-19-6-3-2-5-18(19)25/h2-3,5-6,11,14,16-17,20,22H,4,7-10,12-13H2,1H3,(H,28,30)/t16-,17+,20-,22-/m1/s1. The Morgan fingerprint density at radius 2 is 1.91 bits per heavy atom. The van der Waals surface area contributed by atoms with Gasteiger partial charge in [0.1, 0.15) is 17.9 Å². The van der Waals surface area contributed by atoms with Gasteiger partial charge in [-0.3, -0.25) is 0 Å². The van der Waals surface area contributed by atoms with Gasteiger partial charge in [0.2, 0.25) is 5.95 Å². The first-order valence-electron chi connectivity index (χ1n) is 11.8. The molecule has 1 saturated carbocycles. The number of rotatable bonds is 5. The molecule has 1 aliphatic carbocycles. The molecule has 3 aliphatic rings. The number of fused-ring (bicyclic) bond motifs is 3. The second-order valence-electron chi connectivity index (χ2n) is 9.39. The van der Waals surface area contributed by atoms with Crippen LogP contribution in [0.1, 0.15) is 43.3 Å². The second kappa shape index (κ2) is 8.48. The maximum atomic E-state index is 6.32. The third-order valence-corrected chi connectivity index (χ3v) is 7.49. The van der Waals surface area contributed by atoms with Crippen molar-refractivity contribution in [3.63, 3.8) is 0 Å². The van der Waals surface area contributed by atoms with E-state index in [0.717, 1.165) is 49.8 Å². The van der Waals surface area contributed by atoms with Crippen LogP contribution in [0.15, 0.2) is 36.7 Å². The summed E-state index contributed by atoms with van der Waals surface area (Å²) >= 11 is 6.32. The van der Waals surface area contributed by atoms with Crippen molar-refractivity contribution in [2.75, 3.05) is 23.3 Å². The maximum absolute atomic E-state index is 6.32. The van der Waals surface area contributed by atoms with E-state index in [1.165, 1.54) is 12.8 Å². The Balaban J connectivity index is 1.17. The minimum Gasteiger partial charge on any atom is -0.481 e. The van der Waals surface area contributed by atoms with Crippen LogP contribution in [-0.4, -0.2) is 43.9 Å². The highest BCUT2D eigenvalue weighted by Gasteiger charge is 2.43. The van der Waals surface area contributed by atoms with E-state index in [2.05, 4.69) is 26.3 Å². The van der Waals surface area contributed by atoms with E-state index in [-0.39, 0.29) is 6.10 Å². The number of nitrogens with one attached hydrogen (secondary N) is 1. The predicted octanol–water partition coefficient (Wildman–Crippen LogP) is 4.27. The number of piperidine rings is 1. The molecule has 2 aromatic heterocycles. The highest BCUT2D eigenvalue weighted by molar-refractivity contribution is 6.32. The van der Waals surface area contributed by atoms with Gasteiger partial charge in [-0.1, -0.05) is 23.7 Å². The van der Waals surface area contributed by atoms with E-state index in [9.17, 15) is 0 Å². The highest BCUT2D eigenvalue weighted by atomic mass is 35.5. The van der Waals surface area contributed by atoms with Crippen molar-refractivity contribution >= 4 is 23.4 Å². The van der Waals surface area contributed by atoms with Crippen LogP contribution in [0.5, 0.6) is 5.75 Å². The van der Waals surface area contributed by atoms with Gasteiger partial charge in [0.15, 0.2) is 11.9 Å². The molecule has 2 fully saturated rings. The number of aromatic nitrogens is 5. The van der Waals surface area contributed by atoms with Crippen LogP contribution in [0.2, 0.25) is 5.02 Å². The highest BCUT2D eigenvalue weighted by Crippen LogP contribution is 2.40. The molecule has 8 nitrogen and oxygen atoms in total. The van der Waals surface area contributed by atoms with Crippen LogP contribution in [0, 0.1) is 18.8 Å². The molecule has 0 spiro atoms. The quantitative estimate of drug-likeness (QED) is 0.602. The summed E-state index contributed by atoms with van der Waals surface area (Å²) in [5.74, 6) is 4.43. The zero-order valence-corrected chi connectivity index (χ0v) is 19.4. The Hall–Kier alpha value is -2.87. The van der Waals surface area contributed by atoms with E-state index in [0.29, 0.717) is 34.6 Å². The first-order chi connectivity index (χ1) is 16.1. The molecular formula is C24H28ClN7O. The van der Waals surface area contributed by atoms with Crippen LogP contribution in [0.4, 0.5) is 11.8 Å². The number of nitrogens with zero attached hydrogens (tertiary/aromatic N) is 6. The topological polar surface area (TPSA) is 81.0 Å². The molecule has 4 atom stereocenters. The van der Waals surface area contributed by atoms with Crippen molar-refractivity contribution in [1.82, 2.24) is 24.7 Å². The Morgan fingerprint density at radius 3 is 2.70 bits per heavy atom. The van der Waals surface area contributed by atoms with E-state index in [1.807, 2.05) is 35.9 Å². The molecule has 1 aromatic carbocycles. The number of hydrogen-bond acceptors (Lipinski definition) is 7. The third kappa shape index (κ3) is 4.01. The fraction of sp³-hybridized carbons (Fsp3) is 0.500. The fourth-order valence-electron chi connectivity index (χ4n) is 5.59. The molecule has 172 valence electrons. The number of ether oxygens (including phenoxy) is 1. The summed E-state index contributed by atoms with van der Waals surface area (Å²) in [5, 5.41) is 9.11. The molecule has 9 heteroatoms. The van der Waals surface area contributed by atoms with Crippen LogP contribution < -0.4 is 15.0 Å². The van der Waals surface area contributed by atoms with Gasteiger partial charge in [-0.05, 0) is 56.6 Å². The Bertz CT molecular complexity index is 1140. The van der Waals surface area contributed by atoms with Gasteiger partial charge in [-0.2, -0.15) is 4.98 Å². The molecule has 6 rings (SSSR count). The van der Waals surface area contributed by atoms with E-state index >= 15 is 0 Å². The largest absolute Gasteiger partial charge is 0.481 e. The smallest absolute Gasteiger partial charge is 0.242 e. The number of halogens is 1. The number of benzene rings is 1. The third-order valence-electron chi connectivity index (χ3n) is 7.17. The molecular weight excluding hydrogens is 438 g/mol. The number of hydrogen-bond donors (Lipinski definition) is 1. The second-order valence-corrected chi connectivity index (χ2v) is 9.79. The summed E-state index contributed by atoms with van der Waals surface area (Å²) in [6, 6.07) is 10.1. The minimum atomic E-state index is -0.138. The summed E-state index contributed by atoms with van der Waals surface area (Å²) < 4.78 is 8.24. The Morgan fingerprint density at radius 1 is 1.09 bits per heavy atom. The van der Waals surface area contributed by atoms with Gasteiger partial charge in [-0.15, -0.1) is 5.10 Å². The number of aryl methyl sites for hydroxylation is 2. The average Bonchev–Trinajstić information content (AvgIpc) is 3.32. The van der Waals surface area contributed by atoms with Crippen molar-refractivity contribution in [3.05, 3.63) is 53.2 Å². The van der Waals surface area contributed by atoms with E-state index < -0.39 is 0 Å². The number of anilines is 2. The lowest BCUT2D eigenvalue weighted by Gasteiger charge is -2.38. The molecule has 1 N–H and O–H groups in total. The Kier molecular flexibility index (Phi) is 5.32. The predicted molar refractivity (Wildman–Crippen MR) is 127 cm³/mol. The Labute approximate surface area is 198 Å². The molecule has 2 bridgehead atoms. The molecule has 0 radical (unpaired) electrons. The number of para-hydroxylation sites is 1. The van der Waals surface area contributed by atoms with Gasteiger partial charge < -0.3 is 15.0 Å². The van der Waals surface area contributed by atoms with Crippen molar-refractivity contribution in [1.29, 1.82) is 0 Å². The molecule has 1 saturated heterocycles. The molecule has 4 heterocycles. The lowest BCUT2D eigenvalue weighted by Crippen LogP contribution is -2.48. The fourth-order valence-corrected chi connectivity index (χ4v) is 5.77. The van der Waals surface area contributed by atoms with Gasteiger partial charge >= 0.3 is 0 Å². The summed E-state index contributed by atoms with van der Waals surface area (Å²) in [5.41, 5.74) is 1.01. The molecule has 3 aromatic rings. The van der Waals surface area contributed by atoms with E-state index in [1.54, 1.807) is 6.33 Å². The lowest BCUT2D eigenvalue weighted by atomic mass is 9.92. The van der Waals surface area contributed by atoms with E-state index in [4.69, 9.17) is 26.4 Å². The summed E-state index contributed by atoms with van der Waals surface area (Å²) in [6.07, 6.45) is 5.88. The van der Waals surface area contributed by atoms with Crippen molar-refractivity contribution in [2.45, 2.75) is 51.3 Å². The maximum Gasteiger partial charge on any atom is 0.242 e. The SMILES string of the molecule is Cc1cc(N2C[C@H]3CC[C@@H](C2)[C@@H]3Nc2nc3n(n2)CCC[C@H]3Oc2ccccc2Cl)ncn1. The van der Waals surface area contributed by atoms with Gasteiger partial charge in [0, 0.05) is 37.4 Å². The van der Waals surface area contributed by atoms with Crippen LogP contribution in [0.25, 0.3) is 0 Å². The zero-order chi connectivity index (χ0) is 22.4. The van der Waals surface area contributed by atoms with Gasteiger partial charge in [0.05, 0.1) is 5.02 Å². The van der Waals surface area contributed by atoms with Crippen molar-refractivity contribution in [2.24, 2.45) is 11.8 Å². The molecule has 0 amide bonds. The summed E-state index contributed by atoms with van der Waals surface area (Å²) in [7, 11) is 0. The first kappa shape index (κ1) is 20.7. The van der Waals surface area contributed by atoms with Crippen LogP contribution >= 0.6 is 11.6 Å². The molecule has 33 heavy (non-hydrogen) atoms. The van der Waals surface area contributed by atoms with Crippen molar-refractivity contribution in [3.8, 4) is 5.75 Å². The van der Waals surface area contributed by atoms with Crippen LogP contribution in [-0.2, 0) is 6.54 Å². The summed E-state index contributed by atoms with van der Waals surface area (Å²) in [6.45, 7) is 4.88. The monoisotopic (exact) mass is 465 g/mol. The van der Waals surface area contributed by atoms with Crippen molar-refractivity contribution < 1.29 is 4.74 Å². The minimum absolute atomic E-state index is 0.138. The molecule has 2 aliphatic heterocycles. The average molecular weight is 466 g/mol. The van der Waals surface area contributed by atoms with Gasteiger partial charge in [0.25, 0.3) is 0 Å². The summed E-state index contributed by atoms with van der Waals surface area (Å²) in [4.78, 5) is 16.0. The zero-order valence-electron chi connectivity index (χ0n) is 18.7. The molecule has 0 unspecified atom stereocenters.